The Labute approximate surface area is 80.8 Å². The summed E-state index contributed by atoms with van der Waals surface area (Å²) in [5, 5.41) is 0. The van der Waals surface area contributed by atoms with E-state index >= 15 is 0 Å². The van der Waals surface area contributed by atoms with Gasteiger partial charge in [-0.15, -0.1) is 0 Å². The first-order valence-electron chi connectivity index (χ1n) is 4.33. The summed E-state index contributed by atoms with van der Waals surface area (Å²) in [5.41, 5.74) is 0. The van der Waals surface area contributed by atoms with Crippen molar-refractivity contribution in [2.24, 2.45) is 0 Å². The molecule has 0 aliphatic heterocycles. The van der Waals surface area contributed by atoms with E-state index in [1.54, 1.807) is 13.8 Å². The van der Waals surface area contributed by atoms with Gasteiger partial charge in [0.1, 0.15) is 0 Å². The van der Waals surface area contributed by atoms with Crippen LogP contribution in [0.4, 0.5) is 13.2 Å². The summed E-state index contributed by atoms with van der Waals surface area (Å²) in [7, 11) is 0. The summed E-state index contributed by atoms with van der Waals surface area (Å²) in [4.78, 5) is 11.9. The molecule has 0 bridgehead atoms. The zero-order valence-corrected chi connectivity index (χ0v) is 8.23. The van der Waals surface area contributed by atoms with E-state index in [2.05, 4.69) is 4.74 Å². The second kappa shape index (κ2) is 5.85. The summed E-state index contributed by atoms with van der Waals surface area (Å²) in [6.07, 6.45) is -4.28. The monoisotopic (exact) mass is 213 g/mol. The fraction of sp³-hybridized carbons (Fsp3) is 0.875. The lowest BCUT2D eigenvalue weighted by Crippen LogP contribution is -2.38. The Kier molecular flexibility index (Phi) is 5.52. The van der Waals surface area contributed by atoms with Gasteiger partial charge in [-0.2, -0.15) is 13.2 Å². The number of carbonyl (C=O) groups excluding carboxylic acids is 1. The maximum absolute atomic E-state index is 11.9. The molecule has 0 radical (unpaired) electrons. The third-order valence-corrected chi connectivity index (χ3v) is 1.51. The van der Waals surface area contributed by atoms with Gasteiger partial charge in [-0.3, -0.25) is 9.69 Å². The van der Waals surface area contributed by atoms with E-state index in [-0.39, 0.29) is 19.7 Å². The largest absolute Gasteiger partial charge is 0.465 e. The highest BCUT2D eigenvalue weighted by Gasteiger charge is 2.30. The third-order valence-electron chi connectivity index (χ3n) is 1.51. The van der Waals surface area contributed by atoms with Crippen LogP contribution in [-0.2, 0) is 9.53 Å². The summed E-state index contributed by atoms with van der Waals surface area (Å²) in [6.45, 7) is 2.12. The van der Waals surface area contributed by atoms with Crippen molar-refractivity contribution in [3.63, 3.8) is 0 Å². The Hall–Kier alpha value is -0.780. The van der Waals surface area contributed by atoms with E-state index in [4.69, 9.17) is 0 Å². The van der Waals surface area contributed by atoms with E-state index in [0.717, 1.165) is 4.90 Å². The average Bonchev–Trinajstić information content (AvgIpc) is 2.01. The highest BCUT2D eigenvalue weighted by Crippen LogP contribution is 2.15. The maximum Gasteiger partial charge on any atom is 0.401 e. The Balaban J connectivity index is 3.97. The van der Waals surface area contributed by atoms with Gasteiger partial charge < -0.3 is 4.74 Å². The van der Waals surface area contributed by atoms with Gasteiger partial charge in [-0.1, -0.05) is 6.92 Å². The predicted molar refractivity (Wildman–Crippen MR) is 44.8 cm³/mol. The van der Waals surface area contributed by atoms with Gasteiger partial charge in [-0.05, 0) is 13.5 Å². The van der Waals surface area contributed by atoms with Gasteiger partial charge in [0, 0.05) is 0 Å². The van der Waals surface area contributed by atoms with Crippen molar-refractivity contribution < 1.29 is 22.7 Å². The molecule has 84 valence electrons. The molecule has 0 amide bonds. The van der Waals surface area contributed by atoms with Gasteiger partial charge in [0.05, 0.1) is 19.7 Å². The van der Waals surface area contributed by atoms with Crippen LogP contribution >= 0.6 is 0 Å². The molecule has 0 aromatic rings. The molecule has 0 heterocycles. The first kappa shape index (κ1) is 13.2. The predicted octanol–water partition coefficient (Wildman–Crippen LogP) is 1.43. The Morgan fingerprint density at radius 2 is 1.93 bits per heavy atom. The molecule has 0 spiro atoms. The number of rotatable bonds is 5. The molecule has 0 saturated heterocycles. The molecule has 6 heteroatoms. The van der Waals surface area contributed by atoms with Crippen molar-refractivity contribution in [2.45, 2.75) is 20.0 Å². The summed E-state index contributed by atoms with van der Waals surface area (Å²) >= 11 is 0. The van der Waals surface area contributed by atoms with E-state index in [0.29, 0.717) is 0 Å². The quantitative estimate of drug-likeness (QED) is 0.647. The zero-order chi connectivity index (χ0) is 11.2. The smallest absolute Gasteiger partial charge is 0.401 e. The minimum absolute atomic E-state index is 0.165. The Morgan fingerprint density at radius 3 is 2.29 bits per heavy atom. The number of esters is 1. The molecule has 0 atom stereocenters. The van der Waals surface area contributed by atoms with Gasteiger partial charge in [0.25, 0.3) is 0 Å². The molecule has 14 heavy (non-hydrogen) atoms. The summed E-state index contributed by atoms with van der Waals surface area (Å²) < 4.78 is 40.3. The SMILES string of the molecule is CCOC(=O)CN(CC)CC(F)(F)F. The molecule has 0 N–H and O–H groups in total. The minimum Gasteiger partial charge on any atom is -0.465 e. The van der Waals surface area contributed by atoms with Crippen molar-refractivity contribution >= 4 is 5.97 Å². The normalized spacial score (nSPS) is 11.9. The van der Waals surface area contributed by atoms with Gasteiger partial charge >= 0.3 is 12.1 Å². The molecule has 3 nitrogen and oxygen atoms in total. The molecule has 0 saturated carbocycles. The average molecular weight is 213 g/mol. The Morgan fingerprint density at radius 1 is 1.36 bits per heavy atom. The maximum atomic E-state index is 11.9. The Bertz CT molecular complexity index is 182. The lowest BCUT2D eigenvalue weighted by atomic mass is 10.4. The summed E-state index contributed by atoms with van der Waals surface area (Å²) in [6, 6.07) is 0. The van der Waals surface area contributed by atoms with Crippen LogP contribution in [0, 0.1) is 0 Å². The fourth-order valence-electron chi connectivity index (χ4n) is 0.922. The number of hydrogen-bond donors (Lipinski definition) is 0. The minimum atomic E-state index is -4.28. The number of alkyl halides is 3. The van der Waals surface area contributed by atoms with E-state index in [1.165, 1.54) is 0 Å². The second-order valence-corrected chi connectivity index (χ2v) is 2.72. The highest BCUT2D eigenvalue weighted by atomic mass is 19.4. The van der Waals surface area contributed by atoms with Crippen molar-refractivity contribution in [3.8, 4) is 0 Å². The summed E-state index contributed by atoms with van der Waals surface area (Å²) in [5.74, 6) is -0.626. The van der Waals surface area contributed by atoms with Crippen LogP contribution in [0.15, 0.2) is 0 Å². The van der Waals surface area contributed by atoms with Crippen molar-refractivity contribution in [1.82, 2.24) is 4.90 Å². The second-order valence-electron chi connectivity index (χ2n) is 2.72. The molecule has 0 aromatic heterocycles. The number of carbonyl (C=O) groups is 1. The molecule has 0 aliphatic carbocycles. The molecule has 0 aliphatic rings. The van der Waals surface area contributed by atoms with Crippen LogP contribution in [0.25, 0.3) is 0 Å². The van der Waals surface area contributed by atoms with E-state index < -0.39 is 18.7 Å². The number of likely N-dealkylation sites (N-methyl/N-ethyl adjacent to an activating group) is 1. The van der Waals surface area contributed by atoms with Crippen LogP contribution in [0.3, 0.4) is 0 Å². The zero-order valence-electron chi connectivity index (χ0n) is 8.23. The standard InChI is InChI=1S/C8H14F3NO2/c1-3-12(6-8(9,10)11)5-7(13)14-4-2/h3-6H2,1-2H3. The number of halogens is 3. The van der Waals surface area contributed by atoms with Crippen LogP contribution in [-0.4, -0.2) is 43.3 Å². The fourth-order valence-corrected chi connectivity index (χ4v) is 0.922. The lowest BCUT2D eigenvalue weighted by Gasteiger charge is -2.20. The number of hydrogen-bond acceptors (Lipinski definition) is 3. The van der Waals surface area contributed by atoms with E-state index in [9.17, 15) is 18.0 Å². The van der Waals surface area contributed by atoms with Crippen molar-refractivity contribution in [2.75, 3.05) is 26.2 Å². The van der Waals surface area contributed by atoms with E-state index in [1.807, 2.05) is 0 Å². The van der Waals surface area contributed by atoms with Gasteiger partial charge in [-0.25, -0.2) is 0 Å². The third kappa shape index (κ3) is 6.71. The lowest BCUT2D eigenvalue weighted by molar-refractivity contribution is -0.156. The molecular formula is C8H14F3NO2. The molecule has 0 rings (SSSR count). The highest BCUT2D eigenvalue weighted by molar-refractivity contribution is 5.71. The topological polar surface area (TPSA) is 29.5 Å². The molecule has 0 unspecified atom stereocenters. The van der Waals surface area contributed by atoms with Crippen LogP contribution < -0.4 is 0 Å². The van der Waals surface area contributed by atoms with Crippen LogP contribution in [0.5, 0.6) is 0 Å². The first-order valence-corrected chi connectivity index (χ1v) is 4.33. The van der Waals surface area contributed by atoms with Crippen LogP contribution in [0.2, 0.25) is 0 Å². The van der Waals surface area contributed by atoms with Crippen molar-refractivity contribution in [3.05, 3.63) is 0 Å². The number of nitrogens with zero attached hydrogens (tertiary/aromatic N) is 1. The van der Waals surface area contributed by atoms with Crippen molar-refractivity contribution in [1.29, 1.82) is 0 Å². The molecule has 0 fully saturated rings. The van der Waals surface area contributed by atoms with Gasteiger partial charge in [0.2, 0.25) is 0 Å². The first-order chi connectivity index (χ1) is 6.39. The number of ether oxygens (including phenoxy) is 1. The van der Waals surface area contributed by atoms with Gasteiger partial charge in [0.15, 0.2) is 0 Å². The van der Waals surface area contributed by atoms with Crippen LogP contribution in [0.1, 0.15) is 13.8 Å². The molecule has 0 aromatic carbocycles. The molecular weight excluding hydrogens is 199 g/mol.